The Labute approximate surface area is 158 Å². The van der Waals surface area contributed by atoms with Crippen LogP contribution in [-0.2, 0) is 16.1 Å². The molecule has 140 valence electrons. The van der Waals surface area contributed by atoms with Gasteiger partial charge in [0, 0.05) is 6.04 Å². The fourth-order valence-corrected chi connectivity index (χ4v) is 2.98. The van der Waals surface area contributed by atoms with Gasteiger partial charge in [-0.1, -0.05) is 55.3 Å². The average Bonchev–Trinajstić information content (AvgIpc) is 2.87. The van der Waals surface area contributed by atoms with Gasteiger partial charge in [0.1, 0.15) is 10.7 Å². The molecule has 0 aliphatic heterocycles. The maximum Gasteiger partial charge on any atom is 0.343 e. The predicted molar refractivity (Wildman–Crippen MR) is 100 cm³/mol. The zero-order chi connectivity index (χ0) is 19.1. The van der Waals surface area contributed by atoms with Gasteiger partial charge in [-0.25, -0.2) is 9.48 Å². The topological polar surface area (TPSA) is 73.2 Å². The van der Waals surface area contributed by atoms with Gasteiger partial charge in [-0.2, -0.15) is 5.10 Å². The number of halogens is 1. The van der Waals surface area contributed by atoms with E-state index >= 15 is 0 Å². The lowest BCUT2D eigenvalue weighted by Gasteiger charge is -2.12. The van der Waals surface area contributed by atoms with Crippen LogP contribution in [0.4, 0.5) is 0 Å². The van der Waals surface area contributed by atoms with E-state index < -0.39 is 5.97 Å². The number of amides is 1. The zero-order valence-corrected chi connectivity index (χ0v) is 16.0. The molecule has 1 N–H and O–H groups in total. The van der Waals surface area contributed by atoms with Gasteiger partial charge in [-0.3, -0.25) is 4.79 Å². The molecular weight excluding hydrogens is 354 g/mol. The van der Waals surface area contributed by atoms with E-state index in [1.54, 1.807) is 11.6 Å². The predicted octanol–water partition coefficient (Wildman–Crippen LogP) is 3.35. The molecule has 1 atom stereocenters. The monoisotopic (exact) mass is 377 g/mol. The normalized spacial score (nSPS) is 11.8. The fourth-order valence-electron chi connectivity index (χ4n) is 2.67. The van der Waals surface area contributed by atoms with Crippen LogP contribution in [0.15, 0.2) is 30.3 Å². The summed E-state index contributed by atoms with van der Waals surface area (Å²) in [6.45, 7) is 5.75. The van der Waals surface area contributed by atoms with E-state index in [0.717, 1.165) is 18.4 Å². The number of hydrogen-bond acceptors (Lipinski definition) is 4. The number of carbonyl (C=O) groups excluding carboxylic acids is 2. The number of nitrogens with zero attached hydrogens (tertiary/aromatic N) is 2. The Morgan fingerprint density at radius 1 is 1.31 bits per heavy atom. The highest BCUT2D eigenvalue weighted by molar-refractivity contribution is 6.32. The molecule has 26 heavy (non-hydrogen) atoms. The quantitative estimate of drug-likeness (QED) is 0.716. The van der Waals surface area contributed by atoms with Crippen molar-refractivity contribution in [2.75, 3.05) is 6.61 Å². The van der Waals surface area contributed by atoms with Crippen molar-refractivity contribution in [3.8, 4) is 0 Å². The molecule has 1 amide bonds. The van der Waals surface area contributed by atoms with Crippen molar-refractivity contribution in [3.05, 3.63) is 52.3 Å². The minimum absolute atomic E-state index is 0.0464. The SMILES string of the molecule is CCC[C@H](C)NC(=O)COC(=O)c1c(C)nn(Cc2ccccc2)c1Cl. The van der Waals surface area contributed by atoms with E-state index in [2.05, 4.69) is 10.4 Å². The lowest BCUT2D eigenvalue weighted by Crippen LogP contribution is -2.35. The molecule has 0 aliphatic rings. The summed E-state index contributed by atoms with van der Waals surface area (Å²) in [5, 5.41) is 7.30. The summed E-state index contributed by atoms with van der Waals surface area (Å²) in [7, 11) is 0. The number of nitrogens with one attached hydrogen (secondary N) is 1. The Morgan fingerprint density at radius 3 is 2.65 bits per heavy atom. The lowest BCUT2D eigenvalue weighted by atomic mass is 10.2. The second-order valence-corrected chi connectivity index (χ2v) is 6.59. The summed E-state index contributed by atoms with van der Waals surface area (Å²) in [6.07, 6.45) is 1.84. The van der Waals surface area contributed by atoms with Crippen molar-refractivity contribution in [2.45, 2.75) is 46.2 Å². The Bertz CT molecular complexity index is 759. The van der Waals surface area contributed by atoms with Gasteiger partial charge in [0.05, 0.1) is 12.2 Å². The lowest BCUT2D eigenvalue weighted by molar-refractivity contribution is -0.124. The minimum atomic E-state index is -0.648. The number of hydrogen-bond donors (Lipinski definition) is 1. The maximum atomic E-state index is 12.3. The molecule has 2 rings (SSSR count). The molecular formula is C19H24ClN3O3. The number of aryl methyl sites for hydroxylation is 1. The largest absolute Gasteiger partial charge is 0.452 e. The van der Waals surface area contributed by atoms with Crippen molar-refractivity contribution in [1.82, 2.24) is 15.1 Å². The van der Waals surface area contributed by atoms with Crippen LogP contribution < -0.4 is 5.32 Å². The first-order chi connectivity index (χ1) is 12.4. The molecule has 0 fully saturated rings. The molecule has 1 aromatic carbocycles. The van der Waals surface area contributed by atoms with Gasteiger partial charge in [-0.05, 0) is 25.8 Å². The van der Waals surface area contributed by atoms with E-state index in [1.807, 2.05) is 44.2 Å². The standard InChI is InChI=1S/C19H24ClN3O3/c1-4-8-13(2)21-16(24)12-26-19(25)17-14(3)22-23(18(17)20)11-15-9-6-5-7-10-15/h5-7,9-10,13H,4,8,11-12H2,1-3H3,(H,21,24)/t13-/m0/s1. The first kappa shape index (κ1) is 20.0. The van der Waals surface area contributed by atoms with E-state index in [-0.39, 0.29) is 29.3 Å². The van der Waals surface area contributed by atoms with Crippen LogP contribution in [0.5, 0.6) is 0 Å². The first-order valence-electron chi connectivity index (χ1n) is 8.65. The smallest absolute Gasteiger partial charge is 0.343 e. The van der Waals surface area contributed by atoms with E-state index in [4.69, 9.17) is 16.3 Å². The van der Waals surface area contributed by atoms with Gasteiger partial charge in [-0.15, -0.1) is 0 Å². The number of aromatic nitrogens is 2. The van der Waals surface area contributed by atoms with Gasteiger partial charge >= 0.3 is 5.97 Å². The van der Waals surface area contributed by atoms with Crippen molar-refractivity contribution < 1.29 is 14.3 Å². The summed E-state index contributed by atoms with van der Waals surface area (Å²) in [6, 6.07) is 9.72. The molecule has 0 saturated heterocycles. The molecule has 1 aromatic heterocycles. The van der Waals surface area contributed by atoms with E-state index in [0.29, 0.717) is 12.2 Å². The van der Waals surface area contributed by atoms with Crippen LogP contribution in [0.1, 0.15) is 48.3 Å². The number of benzene rings is 1. The molecule has 6 nitrogen and oxygen atoms in total. The van der Waals surface area contributed by atoms with Crippen LogP contribution in [0.25, 0.3) is 0 Å². The molecule has 1 heterocycles. The van der Waals surface area contributed by atoms with Crippen molar-refractivity contribution in [2.24, 2.45) is 0 Å². The van der Waals surface area contributed by atoms with Crippen LogP contribution >= 0.6 is 11.6 Å². The fraction of sp³-hybridized carbons (Fsp3) is 0.421. The van der Waals surface area contributed by atoms with Crippen LogP contribution in [-0.4, -0.2) is 34.3 Å². The third kappa shape index (κ3) is 5.33. The molecule has 7 heteroatoms. The Kier molecular flexibility index (Phi) is 7.21. The van der Waals surface area contributed by atoms with E-state index in [1.165, 1.54) is 0 Å². The summed E-state index contributed by atoms with van der Waals surface area (Å²) in [4.78, 5) is 24.2. The Balaban J connectivity index is 2.00. The van der Waals surface area contributed by atoms with Crippen LogP contribution in [0.2, 0.25) is 5.15 Å². The van der Waals surface area contributed by atoms with Crippen LogP contribution in [0.3, 0.4) is 0 Å². The van der Waals surface area contributed by atoms with Crippen LogP contribution in [0, 0.1) is 6.92 Å². The summed E-state index contributed by atoms with van der Waals surface area (Å²) >= 11 is 6.31. The third-order valence-corrected chi connectivity index (χ3v) is 4.29. The third-order valence-electron chi connectivity index (χ3n) is 3.91. The maximum absolute atomic E-state index is 12.3. The van der Waals surface area contributed by atoms with Gasteiger partial charge in [0.15, 0.2) is 6.61 Å². The van der Waals surface area contributed by atoms with Crippen molar-refractivity contribution in [3.63, 3.8) is 0 Å². The average molecular weight is 378 g/mol. The molecule has 0 aliphatic carbocycles. The van der Waals surface area contributed by atoms with Gasteiger partial charge in [0.2, 0.25) is 0 Å². The first-order valence-corrected chi connectivity index (χ1v) is 9.03. The van der Waals surface area contributed by atoms with Crippen molar-refractivity contribution >= 4 is 23.5 Å². The molecule has 0 bridgehead atoms. The zero-order valence-electron chi connectivity index (χ0n) is 15.3. The van der Waals surface area contributed by atoms with Gasteiger partial charge in [0.25, 0.3) is 5.91 Å². The highest BCUT2D eigenvalue weighted by Crippen LogP contribution is 2.21. The minimum Gasteiger partial charge on any atom is -0.452 e. The van der Waals surface area contributed by atoms with Gasteiger partial charge < -0.3 is 10.1 Å². The summed E-state index contributed by atoms with van der Waals surface area (Å²) in [5.41, 5.74) is 1.67. The van der Waals surface area contributed by atoms with E-state index in [9.17, 15) is 9.59 Å². The Hall–Kier alpha value is -2.34. The summed E-state index contributed by atoms with van der Waals surface area (Å²) < 4.78 is 6.65. The molecule has 2 aromatic rings. The highest BCUT2D eigenvalue weighted by Gasteiger charge is 2.22. The Morgan fingerprint density at radius 2 is 2.00 bits per heavy atom. The molecule has 0 spiro atoms. The number of esters is 1. The molecule has 0 saturated carbocycles. The molecule has 0 radical (unpaired) electrons. The highest BCUT2D eigenvalue weighted by atomic mass is 35.5. The molecule has 0 unspecified atom stereocenters. The second-order valence-electron chi connectivity index (χ2n) is 6.23. The number of rotatable bonds is 8. The van der Waals surface area contributed by atoms with Crippen molar-refractivity contribution in [1.29, 1.82) is 0 Å². The second kappa shape index (κ2) is 9.38. The summed E-state index contributed by atoms with van der Waals surface area (Å²) in [5.74, 6) is -0.977. The number of ether oxygens (including phenoxy) is 1. The number of carbonyl (C=O) groups is 2.